The molecule has 3 heteroatoms. The number of hydrogen-bond acceptors (Lipinski definition) is 3. The van der Waals surface area contributed by atoms with Gasteiger partial charge in [-0.25, -0.2) is 0 Å². The Morgan fingerprint density at radius 3 is 2.43 bits per heavy atom. The predicted octanol–water partition coefficient (Wildman–Crippen LogP) is 3.13. The van der Waals surface area contributed by atoms with Gasteiger partial charge in [-0.3, -0.25) is 4.84 Å². The smallest absolute Gasteiger partial charge is 0.0813 e. The van der Waals surface area contributed by atoms with E-state index in [2.05, 4.69) is 24.5 Å². The Morgan fingerprint density at radius 1 is 1.29 bits per heavy atom. The highest BCUT2D eigenvalue weighted by Gasteiger charge is 2.09. The molecule has 0 amide bonds. The summed E-state index contributed by atoms with van der Waals surface area (Å²) in [5.41, 5.74) is 2.87. The Hall–Kier alpha value is -0.380. The summed E-state index contributed by atoms with van der Waals surface area (Å²) < 4.78 is 0. The number of rotatable bonds is 4. The molecule has 0 aromatic carbocycles. The number of hydroxylamine groups is 1. The van der Waals surface area contributed by atoms with Gasteiger partial charge in [-0.2, -0.15) is 5.48 Å². The summed E-state index contributed by atoms with van der Waals surface area (Å²) in [4.78, 5) is 8.19. The lowest BCUT2D eigenvalue weighted by Crippen LogP contribution is -2.28. The molecule has 0 aliphatic heterocycles. The van der Waals surface area contributed by atoms with E-state index in [1.54, 1.807) is 0 Å². The summed E-state index contributed by atoms with van der Waals surface area (Å²) in [7, 11) is 0. The maximum absolute atomic E-state index is 5.43. The van der Waals surface area contributed by atoms with Crippen LogP contribution in [0.15, 0.2) is 12.1 Å². The van der Waals surface area contributed by atoms with E-state index in [4.69, 9.17) is 4.84 Å². The highest BCUT2D eigenvalue weighted by Crippen LogP contribution is 2.16. The first-order chi connectivity index (χ1) is 6.51. The van der Waals surface area contributed by atoms with E-state index in [1.807, 2.05) is 32.1 Å². The molecule has 1 aromatic rings. The van der Waals surface area contributed by atoms with Crippen LogP contribution in [0, 0.1) is 0 Å². The van der Waals surface area contributed by atoms with Crippen molar-refractivity contribution >= 4 is 11.3 Å². The van der Waals surface area contributed by atoms with Crippen LogP contribution in [-0.4, -0.2) is 5.60 Å². The van der Waals surface area contributed by atoms with E-state index < -0.39 is 0 Å². The van der Waals surface area contributed by atoms with E-state index >= 15 is 0 Å². The lowest BCUT2D eigenvalue weighted by Gasteiger charge is -2.18. The number of aryl methyl sites for hydroxylation is 1. The molecule has 0 radical (unpaired) electrons. The lowest BCUT2D eigenvalue weighted by molar-refractivity contribution is -0.0754. The minimum absolute atomic E-state index is 0.120. The van der Waals surface area contributed by atoms with Gasteiger partial charge < -0.3 is 0 Å². The molecule has 0 saturated carbocycles. The highest BCUT2D eigenvalue weighted by atomic mass is 32.1. The molecule has 0 bridgehead atoms. The average Bonchev–Trinajstić information content (AvgIpc) is 2.50. The van der Waals surface area contributed by atoms with Crippen molar-refractivity contribution in [3.8, 4) is 0 Å². The molecular formula is C11H19NOS. The Kier molecular flexibility index (Phi) is 4.11. The van der Waals surface area contributed by atoms with Gasteiger partial charge in [0, 0.05) is 9.75 Å². The lowest BCUT2D eigenvalue weighted by atomic mass is 10.2. The second-order valence-electron chi connectivity index (χ2n) is 4.26. The summed E-state index contributed by atoms with van der Waals surface area (Å²) in [5, 5.41) is 0. The third kappa shape index (κ3) is 4.22. The van der Waals surface area contributed by atoms with Gasteiger partial charge in [0.25, 0.3) is 0 Å². The first-order valence-electron chi connectivity index (χ1n) is 4.99. The predicted molar refractivity (Wildman–Crippen MR) is 61.4 cm³/mol. The van der Waals surface area contributed by atoms with E-state index in [1.165, 1.54) is 9.75 Å². The zero-order valence-electron chi connectivity index (χ0n) is 9.39. The quantitative estimate of drug-likeness (QED) is 0.776. The second-order valence-corrected chi connectivity index (χ2v) is 5.51. The number of hydrogen-bond donors (Lipinski definition) is 1. The minimum Gasteiger partial charge on any atom is -0.296 e. The van der Waals surface area contributed by atoms with Crippen molar-refractivity contribution in [3.63, 3.8) is 0 Å². The van der Waals surface area contributed by atoms with Crippen molar-refractivity contribution in [3.05, 3.63) is 21.9 Å². The molecule has 0 aliphatic rings. The first kappa shape index (κ1) is 11.7. The Labute approximate surface area is 90.2 Å². The highest BCUT2D eigenvalue weighted by molar-refractivity contribution is 7.11. The SMILES string of the molecule is CCc1ccc(CNOC(C)(C)C)s1. The van der Waals surface area contributed by atoms with Crippen molar-refractivity contribution in [2.75, 3.05) is 0 Å². The average molecular weight is 213 g/mol. The van der Waals surface area contributed by atoms with E-state index in [0.29, 0.717) is 0 Å². The molecule has 2 nitrogen and oxygen atoms in total. The van der Waals surface area contributed by atoms with Gasteiger partial charge in [0.05, 0.1) is 12.1 Å². The second kappa shape index (κ2) is 4.91. The van der Waals surface area contributed by atoms with Crippen LogP contribution in [0.4, 0.5) is 0 Å². The van der Waals surface area contributed by atoms with Crippen LogP contribution in [-0.2, 0) is 17.8 Å². The van der Waals surface area contributed by atoms with Crippen LogP contribution in [0.5, 0.6) is 0 Å². The fourth-order valence-corrected chi connectivity index (χ4v) is 1.92. The Balaban J connectivity index is 2.31. The molecule has 0 fully saturated rings. The summed E-state index contributed by atoms with van der Waals surface area (Å²) in [6, 6.07) is 4.33. The molecule has 1 heterocycles. The fourth-order valence-electron chi connectivity index (χ4n) is 1.03. The third-order valence-electron chi connectivity index (χ3n) is 1.69. The van der Waals surface area contributed by atoms with Crippen LogP contribution in [0.1, 0.15) is 37.4 Å². The largest absolute Gasteiger partial charge is 0.296 e. The van der Waals surface area contributed by atoms with Gasteiger partial charge in [0.1, 0.15) is 0 Å². The minimum atomic E-state index is -0.120. The molecule has 0 saturated heterocycles. The standard InChI is InChI=1S/C11H19NOS/c1-5-9-6-7-10(14-9)8-12-13-11(2,3)4/h6-7,12H,5,8H2,1-4H3. The monoisotopic (exact) mass is 213 g/mol. The normalized spacial score (nSPS) is 12.0. The van der Waals surface area contributed by atoms with E-state index in [0.717, 1.165) is 13.0 Å². The van der Waals surface area contributed by atoms with Gasteiger partial charge in [0.15, 0.2) is 0 Å². The van der Waals surface area contributed by atoms with Crippen molar-refractivity contribution in [2.24, 2.45) is 0 Å². The van der Waals surface area contributed by atoms with Gasteiger partial charge in [-0.1, -0.05) is 6.92 Å². The Bertz CT molecular complexity index is 275. The molecule has 0 spiro atoms. The zero-order valence-corrected chi connectivity index (χ0v) is 10.2. The number of thiophene rings is 1. The van der Waals surface area contributed by atoms with Gasteiger partial charge >= 0.3 is 0 Å². The van der Waals surface area contributed by atoms with Crippen molar-refractivity contribution in [2.45, 2.75) is 46.3 Å². The molecule has 0 atom stereocenters. The van der Waals surface area contributed by atoms with Gasteiger partial charge in [-0.15, -0.1) is 11.3 Å². The molecule has 0 unspecified atom stereocenters. The van der Waals surface area contributed by atoms with Crippen molar-refractivity contribution < 1.29 is 4.84 Å². The maximum Gasteiger partial charge on any atom is 0.0813 e. The topological polar surface area (TPSA) is 21.3 Å². The molecule has 1 aromatic heterocycles. The molecule has 80 valence electrons. The summed E-state index contributed by atoms with van der Waals surface area (Å²) in [5.74, 6) is 0. The summed E-state index contributed by atoms with van der Waals surface area (Å²) >= 11 is 1.84. The molecule has 1 N–H and O–H groups in total. The van der Waals surface area contributed by atoms with Crippen LogP contribution in [0.3, 0.4) is 0 Å². The molecule has 0 aliphatic carbocycles. The van der Waals surface area contributed by atoms with Crippen molar-refractivity contribution in [1.82, 2.24) is 5.48 Å². The van der Waals surface area contributed by atoms with Crippen LogP contribution < -0.4 is 5.48 Å². The summed E-state index contributed by atoms with van der Waals surface area (Å²) in [6.45, 7) is 9.07. The molecule has 1 rings (SSSR count). The van der Waals surface area contributed by atoms with Crippen molar-refractivity contribution in [1.29, 1.82) is 0 Å². The van der Waals surface area contributed by atoms with Gasteiger partial charge in [-0.05, 0) is 39.3 Å². The maximum atomic E-state index is 5.43. The fraction of sp³-hybridized carbons (Fsp3) is 0.636. The first-order valence-corrected chi connectivity index (χ1v) is 5.81. The van der Waals surface area contributed by atoms with Gasteiger partial charge in [0.2, 0.25) is 0 Å². The van der Waals surface area contributed by atoms with E-state index in [-0.39, 0.29) is 5.60 Å². The molecular weight excluding hydrogens is 194 g/mol. The van der Waals surface area contributed by atoms with Crippen LogP contribution in [0.25, 0.3) is 0 Å². The van der Waals surface area contributed by atoms with E-state index in [9.17, 15) is 0 Å². The number of nitrogens with one attached hydrogen (secondary N) is 1. The third-order valence-corrected chi connectivity index (χ3v) is 2.92. The van der Waals surface area contributed by atoms with Crippen LogP contribution in [0.2, 0.25) is 0 Å². The Morgan fingerprint density at radius 2 is 1.93 bits per heavy atom. The summed E-state index contributed by atoms with van der Waals surface area (Å²) in [6.07, 6.45) is 1.12. The van der Waals surface area contributed by atoms with Crippen LogP contribution >= 0.6 is 11.3 Å². The zero-order chi connectivity index (χ0) is 10.6. The molecule has 14 heavy (non-hydrogen) atoms.